The lowest BCUT2D eigenvalue weighted by Crippen LogP contribution is -2.18. The molecule has 0 radical (unpaired) electrons. The van der Waals surface area contributed by atoms with E-state index in [4.69, 9.17) is 15.9 Å². The van der Waals surface area contributed by atoms with Gasteiger partial charge in [0.05, 0.1) is 0 Å². The number of halogens is 1. The number of benzene rings is 1. The quantitative estimate of drug-likeness (QED) is 0.395. The summed E-state index contributed by atoms with van der Waals surface area (Å²) in [5.41, 5.74) is 0. The standard InChI is InChI=1S/C11H9IO4/c1-2-10(12)16-11(14)7-15-9-6-4-3-5-8(9)13/h1,3-6,10,13H,7H2. The Bertz CT molecular complexity index is 411. The van der Waals surface area contributed by atoms with Crippen molar-refractivity contribution in [3.05, 3.63) is 24.3 Å². The summed E-state index contributed by atoms with van der Waals surface area (Å²) in [6.07, 6.45) is 5.04. The van der Waals surface area contributed by atoms with Crippen LogP contribution in [0.15, 0.2) is 24.3 Å². The zero-order chi connectivity index (χ0) is 12.0. The maximum atomic E-state index is 11.2. The van der Waals surface area contributed by atoms with Crippen LogP contribution < -0.4 is 4.74 Å². The number of hydrogen-bond donors (Lipinski definition) is 1. The van der Waals surface area contributed by atoms with E-state index in [1.807, 2.05) is 0 Å². The minimum atomic E-state index is -0.613. The van der Waals surface area contributed by atoms with Crippen LogP contribution in [-0.4, -0.2) is 21.8 Å². The summed E-state index contributed by atoms with van der Waals surface area (Å²) < 4.78 is 9.20. The van der Waals surface area contributed by atoms with Gasteiger partial charge < -0.3 is 14.6 Å². The molecule has 0 aliphatic rings. The lowest BCUT2D eigenvalue weighted by molar-refractivity contribution is -0.145. The van der Waals surface area contributed by atoms with Crippen molar-refractivity contribution < 1.29 is 19.4 Å². The van der Waals surface area contributed by atoms with Gasteiger partial charge in [0.15, 0.2) is 18.1 Å². The van der Waals surface area contributed by atoms with E-state index < -0.39 is 10.1 Å². The molecule has 0 amide bonds. The number of esters is 1. The molecule has 0 bridgehead atoms. The number of carbonyl (C=O) groups is 1. The van der Waals surface area contributed by atoms with Crippen LogP contribution in [0.4, 0.5) is 0 Å². The Hall–Kier alpha value is -1.42. The predicted molar refractivity (Wildman–Crippen MR) is 66.3 cm³/mol. The Labute approximate surface area is 107 Å². The lowest BCUT2D eigenvalue weighted by atomic mass is 10.3. The van der Waals surface area contributed by atoms with E-state index >= 15 is 0 Å². The van der Waals surface area contributed by atoms with Gasteiger partial charge in [0, 0.05) is 0 Å². The first-order valence-corrected chi connectivity index (χ1v) is 5.58. The fourth-order valence-corrected chi connectivity index (χ4v) is 1.18. The van der Waals surface area contributed by atoms with Gasteiger partial charge >= 0.3 is 5.97 Å². The summed E-state index contributed by atoms with van der Waals surface area (Å²) >= 11 is 1.80. The molecule has 4 nitrogen and oxygen atoms in total. The van der Waals surface area contributed by atoms with Crippen molar-refractivity contribution in [3.8, 4) is 23.8 Å². The molecule has 5 heteroatoms. The summed E-state index contributed by atoms with van der Waals surface area (Å²) in [5, 5.41) is 9.34. The van der Waals surface area contributed by atoms with E-state index in [9.17, 15) is 9.90 Å². The Morgan fingerprint density at radius 2 is 2.25 bits per heavy atom. The van der Waals surface area contributed by atoms with Gasteiger partial charge in [-0.2, -0.15) is 0 Å². The fourth-order valence-electron chi connectivity index (χ4n) is 0.899. The van der Waals surface area contributed by atoms with Gasteiger partial charge in [0.25, 0.3) is 0 Å². The van der Waals surface area contributed by atoms with Crippen LogP contribution in [0.25, 0.3) is 0 Å². The molecule has 0 aliphatic carbocycles. The van der Waals surface area contributed by atoms with Gasteiger partial charge in [-0.3, -0.25) is 0 Å². The van der Waals surface area contributed by atoms with Crippen LogP contribution in [0.2, 0.25) is 0 Å². The minimum absolute atomic E-state index is 0.0294. The maximum Gasteiger partial charge on any atom is 0.346 e. The Kier molecular flexibility index (Phi) is 4.92. The van der Waals surface area contributed by atoms with Gasteiger partial charge in [-0.05, 0) is 34.7 Å². The van der Waals surface area contributed by atoms with Crippen LogP contribution in [0.5, 0.6) is 11.5 Å². The van der Waals surface area contributed by atoms with Crippen LogP contribution in [0.1, 0.15) is 0 Å². The van der Waals surface area contributed by atoms with Crippen molar-refractivity contribution in [2.24, 2.45) is 0 Å². The largest absolute Gasteiger partial charge is 0.504 e. The minimum Gasteiger partial charge on any atom is -0.504 e. The zero-order valence-corrected chi connectivity index (χ0v) is 10.4. The molecule has 16 heavy (non-hydrogen) atoms. The second kappa shape index (κ2) is 6.23. The lowest BCUT2D eigenvalue weighted by Gasteiger charge is -2.08. The number of terminal acetylenes is 1. The SMILES string of the molecule is C#CC(I)OC(=O)COc1ccccc1O. The molecule has 1 atom stereocenters. The molecule has 0 aromatic heterocycles. The smallest absolute Gasteiger partial charge is 0.346 e. The molecule has 0 saturated carbocycles. The third-order valence-corrected chi connectivity index (χ3v) is 2.19. The molecule has 84 valence electrons. The molecule has 0 saturated heterocycles. The van der Waals surface area contributed by atoms with Crippen LogP contribution in [-0.2, 0) is 9.53 Å². The maximum absolute atomic E-state index is 11.2. The van der Waals surface area contributed by atoms with Gasteiger partial charge in [-0.25, -0.2) is 4.79 Å². The molecule has 1 aromatic carbocycles. The number of para-hydroxylation sites is 2. The van der Waals surface area contributed by atoms with E-state index in [0.717, 1.165) is 0 Å². The van der Waals surface area contributed by atoms with Gasteiger partial charge in [0.1, 0.15) is 0 Å². The topological polar surface area (TPSA) is 55.8 Å². The second-order valence-corrected chi connectivity index (χ2v) is 3.86. The molecule has 1 rings (SSSR count). The van der Waals surface area contributed by atoms with Gasteiger partial charge in [-0.1, -0.05) is 18.1 Å². The van der Waals surface area contributed by atoms with Crippen LogP contribution in [0, 0.1) is 12.3 Å². The highest BCUT2D eigenvalue weighted by molar-refractivity contribution is 14.1. The molecule has 0 spiro atoms. The highest BCUT2D eigenvalue weighted by atomic mass is 127. The van der Waals surface area contributed by atoms with Gasteiger partial charge in [-0.15, -0.1) is 6.42 Å². The number of phenolic OH excluding ortho intramolecular Hbond substituents is 1. The summed E-state index contributed by atoms with van der Waals surface area (Å²) in [4.78, 5) is 11.2. The number of rotatable bonds is 4. The first kappa shape index (κ1) is 12.6. The molecular formula is C11H9IO4. The average molecular weight is 332 g/mol. The number of ether oxygens (including phenoxy) is 2. The van der Waals surface area contributed by atoms with Crippen LogP contribution >= 0.6 is 22.6 Å². The Morgan fingerprint density at radius 1 is 1.56 bits per heavy atom. The Morgan fingerprint density at radius 3 is 2.88 bits per heavy atom. The Balaban J connectivity index is 2.44. The van der Waals surface area contributed by atoms with Gasteiger partial charge in [0.2, 0.25) is 4.11 Å². The molecule has 0 fully saturated rings. The molecule has 0 heterocycles. The number of carbonyl (C=O) groups excluding carboxylic acids is 1. The van der Waals surface area contributed by atoms with Crippen molar-refractivity contribution in [1.29, 1.82) is 0 Å². The summed E-state index contributed by atoms with van der Waals surface area (Å²) in [6.45, 7) is -0.293. The van der Waals surface area contributed by atoms with Crippen molar-refractivity contribution in [2.45, 2.75) is 4.11 Å². The molecule has 1 N–H and O–H groups in total. The average Bonchev–Trinajstić information content (AvgIpc) is 2.28. The third-order valence-electron chi connectivity index (χ3n) is 1.58. The summed E-state index contributed by atoms with van der Waals surface area (Å²) in [6, 6.07) is 6.34. The van der Waals surface area contributed by atoms with E-state index in [2.05, 4.69) is 5.92 Å². The predicted octanol–water partition coefficient (Wildman–Crippen LogP) is 1.71. The number of phenols is 1. The van der Waals surface area contributed by atoms with E-state index in [-0.39, 0.29) is 18.1 Å². The third kappa shape index (κ3) is 3.98. The molecular weight excluding hydrogens is 323 g/mol. The summed E-state index contributed by atoms with van der Waals surface area (Å²) in [7, 11) is 0. The van der Waals surface area contributed by atoms with Crippen molar-refractivity contribution >= 4 is 28.6 Å². The molecule has 0 aliphatic heterocycles. The monoisotopic (exact) mass is 332 g/mol. The fraction of sp³-hybridized carbons (Fsp3) is 0.182. The zero-order valence-electron chi connectivity index (χ0n) is 8.22. The highest BCUT2D eigenvalue weighted by Gasteiger charge is 2.10. The van der Waals surface area contributed by atoms with E-state index in [1.54, 1.807) is 40.8 Å². The first-order valence-electron chi connectivity index (χ1n) is 4.34. The summed E-state index contributed by atoms with van der Waals surface area (Å²) in [5.74, 6) is 1.86. The molecule has 1 unspecified atom stereocenters. The number of alkyl halides is 1. The number of hydrogen-bond acceptors (Lipinski definition) is 4. The van der Waals surface area contributed by atoms with Crippen molar-refractivity contribution in [3.63, 3.8) is 0 Å². The number of aromatic hydroxyl groups is 1. The highest BCUT2D eigenvalue weighted by Crippen LogP contribution is 2.24. The first-order chi connectivity index (χ1) is 7.63. The molecule has 1 aromatic rings. The van der Waals surface area contributed by atoms with Crippen molar-refractivity contribution in [1.82, 2.24) is 0 Å². The second-order valence-electron chi connectivity index (χ2n) is 2.73. The normalized spacial score (nSPS) is 11.2. The van der Waals surface area contributed by atoms with Crippen molar-refractivity contribution in [2.75, 3.05) is 6.61 Å². The van der Waals surface area contributed by atoms with Crippen LogP contribution in [0.3, 0.4) is 0 Å². The van der Waals surface area contributed by atoms with E-state index in [1.165, 1.54) is 6.07 Å². The van der Waals surface area contributed by atoms with E-state index in [0.29, 0.717) is 0 Å².